The highest BCUT2D eigenvalue weighted by atomic mass is 32.1. The minimum atomic E-state index is -0.196. The summed E-state index contributed by atoms with van der Waals surface area (Å²) < 4.78 is 5.04. The standard InChI is InChI=1S/C63H44N2S/c1-63(2)55-29-11-9-21-50(55)51-26-16-32-58(60(51)63)64(45-37-33-42(34-38-45)47-23-15-31-57-59(47)54-22-10-12-30-56(54)65(57)44-19-7-4-8-20-44)46-39-35-43(36-40-46)49-25-14-28-53-52-27-13-24-48(61(52)66-62(49)53)41-17-5-3-6-18-41/h3-40H,1-2H3. The summed E-state index contributed by atoms with van der Waals surface area (Å²) in [5.41, 5.74) is 19.6. The summed E-state index contributed by atoms with van der Waals surface area (Å²) in [6, 6.07) is 84.9. The minimum Gasteiger partial charge on any atom is -0.310 e. The van der Waals surface area contributed by atoms with Crippen LogP contribution < -0.4 is 4.90 Å². The van der Waals surface area contributed by atoms with Crippen LogP contribution in [0.25, 0.3) is 92.2 Å². The maximum Gasteiger partial charge on any atom is 0.0547 e. The van der Waals surface area contributed by atoms with Crippen LogP contribution in [0.3, 0.4) is 0 Å². The lowest BCUT2D eigenvalue weighted by Gasteiger charge is -2.32. The first kappa shape index (κ1) is 38.5. The Kier molecular flexibility index (Phi) is 8.78. The van der Waals surface area contributed by atoms with Crippen LogP contribution >= 0.6 is 11.3 Å². The highest BCUT2D eigenvalue weighted by molar-refractivity contribution is 7.26. The molecule has 0 fully saturated rings. The maximum atomic E-state index is 2.48. The summed E-state index contributed by atoms with van der Waals surface area (Å²) in [7, 11) is 0. The third kappa shape index (κ3) is 5.87. The van der Waals surface area contributed by atoms with Gasteiger partial charge in [-0.05, 0) is 110 Å². The van der Waals surface area contributed by atoms with Gasteiger partial charge in [0.1, 0.15) is 0 Å². The molecule has 3 heteroatoms. The summed E-state index contributed by atoms with van der Waals surface area (Å²) in [5.74, 6) is 0. The number of hydrogen-bond donors (Lipinski definition) is 0. The van der Waals surface area contributed by atoms with E-state index in [1.54, 1.807) is 0 Å². The van der Waals surface area contributed by atoms with Gasteiger partial charge in [-0.2, -0.15) is 0 Å². The zero-order chi connectivity index (χ0) is 43.9. The number of hydrogen-bond acceptors (Lipinski definition) is 2. The molecule has 2 aromatic heterocycles. The quantitative estimate of drug-likeness (QED) is 0.155. The van der Waals surface area contributed by atoms with Gasteiger partial charge >= 0.3 is 0 Å². The Balaban J connectivity index is 0.954. The van der Waals surface area contributed by atoms with Gasteiger partial charge < -0.3 is 9.47 Å². The number of para-hydroxylation sites is 2. The third-order valence-corrected chi connectivity index (χ3v) is 15.3. The molecule has 312 valence electrons. The lowest BCUT2D eigenvalue weighted by molar-refractivity contribution is 0.661. The second kappa shape index (κ2) is 15.1. The van der Waals surface area contributed by atoms with E-state index in [1.165, 1.54) is 103 Å². The van der Waals surface area contributed by atoms with E-state index in [0.29, 0.717) is 0 Å². The first-order valence-corrected chi connectivity index (χ1v) is 23.7. The highest BCUT2D eigenvalue weighted by Crippen LogP contribution is 2.54. The van der Waals surface area contributed by atoms with E-state index < -0.39 is 0 Å². The number of aromatic nitrogens is 1. The molecule has 0 aliphatic heterocycles. The van der Waals surface area contributed by atoms with Crippen molar-refractivity contribution in [3.8, 4) is 50.2 Å². The third-order valence-electron chi connectivity index (χ3n) is 14.0. The van der Waals surface area contributed by atoms with E-state index in [-0.39, 0.29) is 5.41 Å². The largest absolute Gasteiger partial charge is 0.310 e. The molecule has 12 aromatic rings. The monoisotopic (exact) mass is 860 g/mol. The number of fused-ring (bicyclic) bond motifs is 9. The van der Waals surface area contributed by atoms with E-state index in [1.807, 2.05) is 11.3 Å². The Hall–Kier alpha value is -7.98. The summed E-state index contributed by atoms with van der Waals surface area (Å²) in [6.45, 7) is 4.76. The van der Waals surface area contributed by atoms with Crippen molar-refractivity contribution in [2.24, 2.45) is 0 Å². The van der Waals surface area contributed by atoms with Crippen LogP contribution in [-0.2, 0) is 5.41 Å². The zero-order valence-electron chi connectivity index (χ0n) is 36.7. The first-order chi connectivity index (χ1) is 32.5. The van der Waals surface area contributed by atoms with E-state index in [4.69, 9.17) is 0 Å². The fourth-order valence-electron chi connectivity index (χ4n) is 11.0. The molecule has 1 aliphatic carbocycles. The number of nitrogens with zero attached hydrogens (tertiary/aromatic N) is 2. The Morgan fingerprint density at radius 1 is 0.379 bits per heavy atom. The van der Waals surface area contributed by atoms with Gasteiger partial charge in [-0.3, -0.25) is 0 Å². The normalized spacial score (nSPS) is 12.8. The van der Waals surface area contributed by atoms with Crippen molar-refractivity contribution in [3.63, 3.8) is 0 Å². The van der Waals surface area contributed by atoms with Crippen LogP contribution in [0, 0.1) is 0 Å². The van der Waals surface area contributed by atoms with Crippen LogP contribution in [0.2, 0.25) is 0 Å². The lowest BCUT2D eigenvalue weighted by atomic mass is 9.81. The van der Waals surface area contributed by atoms with Gasteiger partial charge in [0.05, 0.1) is 16.7 Å². The van der Waals surface area contributed by atoms with Crippen LogP contribution in [0.4, 0.5) is 17.1 Å². The summed E-state index contributed by atoms with van der Waals surface area (Å²) in [4.78, 5) is 2.48. The Bertz CT molecular complexity index is 3820. The number of benzene rings is 10. The molecule has 0 N–H and O–H groups in total. The average molecular weight is 861 g/mol. The molecule has 1 aliphatic rings. The minimum absolute atomic E-state index is 0.196. The van der Waals surface area contributed by atoms with Gasteiger partial charge in [0.15, 0.2) is 0 Å². The molecule has 0 bridgehead atoms. The van der Waals surface area contributed by atoms with Gasteiger partial charge in [0, 0.05) is 53.4 Å². The SMILES string of the molecule is CC1(C)c2ccccc2-c2cccc(N(c3ccc(-c4cccc5c4sc4c(-c6ccccc6)cccc45)cc3)c3ccc(-c4cccc5c4c4ccccc4n5-c4ccccc4)cc3)c21. The summed E-state index contributed by atoms with van der Waals surface area (Å²) >= 11 is 1.90. The highest BCUT2D eigenvalue weighted by Gasteiger charge is 2.38. The molecule has 2 heterocycles. The molecule has 0 atom stereocenters. The summed E-state index contributed by atoms with van der Waals surface area (Å²) in [5, 5.41) is 5.13. The molecular formula is C63H44N2S. The smallest absolute Gasteiger partial charge is 0.0547 e. The molecule has 0 saturated carbocycles. The number of thiophene rings is 1. The van der Waals surface area contributed by atoms with Crippen molar-refractivity contribution < 1.29 is 0 Å². The first-order valence-electron chi connectivity index (χ1n) is 22.8. The van der Waals surface area contributed by atoms with Crippen molar-refractivity contribution in [1.29, 1.82) is 0 Å². The van der Waals surface area contributed by atoms with E-state index >= 15 is 0 Å². The molecular weight excluding hydrogens is 817 g/mol. The Morgan fingerprint density at radius 3 is 1.56 bits per heavy atom. The molecule has 13 rings (SSSR count). The summed E-state index contributed by atoms with van der Waals surface area (Å²) in [6.07, 6.45) is 0. The molecule has 0 saturated heterocycles. The zero-order valence-corrected chi connectivity index (χ0v) is 37.6. The van der Waals surface area contributed by atoms with Gasteiger partial charge in [-0.1, -0.05) is 190 Å². The fourth-order valence-corrected chi connectivity index (χ4v) is 12.4. The van der Waals surface area contributed by atoms with E-state index in [9.17, 15) is 0 Å². The van der Waals surface area contributed by atoms with Crippen molar-refractivity contribution in [1.82, 2.24) is 4.57 Å². The van der Waals surface area contributed by atoms with Gasteiger partial charge in [0.2, 0.25) is 0 Å². The van der Waals surface area contributed by atoms with Crippen molar-refractivity contribution in [3.05, 3.63) is 242 Å². The average Bonchev–Trinajstić information content (AvgIpc) is 4.01. The van der Waals surface area contributed by atoms with Crippen molar-refractivity contribution >= 4 is 70.4 Å². The van der Waals surface area contributed by atoms with Crippen molar-refractivity contribution in [2.45, 2.75) is 19.3 Å². The number of anilines is 3. The lowest BCUT2D eigenvalue weighted by Crippen LogP contribution is -2.20. The second-order valence-corrected chi connectivity index (χ2v) is 19.0. The number of rotatable bonds is 7. The van der Waals surface area contributed by atoms with Crippen LogP contribution in [0.15, 0.2) is 231 Å². The van der Waals surface area contributed by atoms with Gasteiger partial charge in [-0.15, -0.1) is 11.3 Å². The molecule has 0 unspecified atom stereocenters. The predicted octanol–water partition coefficient (Wildman–Crippen LogP) is 17.9. The van der Waals surface area contributed by atoms with Crippen LogP contribution in [-0.4, -0.2) is 4.57 Å². The molecule has 0 amide bonds. The Morgan fingerprint density at radius 2 is 0.864 bits per heavy atom. The second-order valence-electron chi connectivity index (χ2n) is 18.0. The van der Waals surface area contributed by atoms with Gasteiger partial charge in [-0.25, -0.2) is 0 Å². The molecule has 66 heavy (non-hydrogen) atoms. The molecule has 10 aromatic carbocycles. The van der Waals surface area contributed by atoms with Gasteiger partial charge in [0.25, 0.3) is 0 Å². The van der Waals surface area contributed by atoms with Crippen molar-refractivity contribution in [2.75, 3.05) is 4.90 Å². The molecule has 0 spiro atoms. The Labute approximate surface area is 388 Å². The van der Waals surface area contributed by atoms with E-state index in [0.717, 1.165) is 17.1 Å². The van der Waals surface area contributed by atoms with Crippen LogP contribution in [0.5, 0.6) is 0 Å². The molecule has 0 radical (unpaired) electrons. The van der Waals surface area contributed by atoms with Crippen LogP contribution in [0.1, 0.15) is 25.0 Å². The molecule has 2 nitrogen and oxygen atoms in total. The fraction of sp³-hybridized carbons (Fsp3) is 0.0476. The maximum absolute atomic E-state index is 2.48. The predicted molar refractivity (Wildman–Crippen MR) is 282 cm³/mol. The topological polar surface area (TPSA) is 8.17 Å². The van der Waals surface area contributed by atoms with E-state index in [2.05, 4.69) is 254 Å².